The first-order valence-corrected chi connectivity index (χ1v) is 6.25. The summed E-state index contributed by atoms with van der Waals surface area (Å²) >= 11 is 0. The molecule has 0 aliphatic heterocycles. The maximum Gasteiger partial charge on any atom is 0.127 e. The topological polar surface area (TPSA) is 59.0 Å². The molecule has 3 nitrogen and oxygen atoms in total. The van der Waals surface area contributed by atoms with Gasteiger partial charge in [0.25, 0.3) is 0 Å². The monoisotopic (exact) mass is 252 g/mol. The average Bonchev–Trinajstić information content (AvgIpc) is 2.44. The summed E-state index contributed by atoms with van der Waals surface area (Å²) in [7, 11) is 0. The molecule has 0 atom stereocenters. The van der Waals surface area contributed by atoms with Gasteiger partial charge in [0.2, 0.25) is 0 Å². The molecule has 0 heterocycles. The third-order valence-electron chi connectivity index (χ3n) is 2.95. The minimum atomic E-state index is 0.289. The summed E-state index contributed by atoms with van der Waals surface area (Å²) in [5, 5.41) is 8.74. The SMILES string of the molecule is CCc1ccc(Oc2ccc(N)c(CC#N)c2)cc1. The number of hydrogen-bond acceptors (Lipinski definition) is 3. The summed E-state index contributed by atoms with van der Waals surface area (Å²) < 4.78 is 5.75. The van der Waals surface area contributed by atoms with Gasteiger partial charge in [-0.05, 0) is 47.9 Å². The smallest absolute Gasteiger partial charge is 0.127 e. The van der Waals surface area contributed by atoms with Crippen molar-refractivity contribution in [2.75, 3.05) is 5.73 Å². The number of benzene rings is 2. The number of nitriles is 1. The van der Waals surface area contributed by atoms with Crippen LogP contribution in [-0.2, 0) is 12.8 Å². The van der Waals surface area contributed by atoms with Gasteiger partial charge in [-0.15, -0.1) is 0 Å². The number of ether oxygens (including phenoxy) is 1. The summed E-state index contributed by atoms with van der Waals surface area (Å²) in [6.07, 6.45) is 1.30. The van der Waals surface area contributed by atoms with E-state index in [-0.39, 0.29) is 6.42 Å². The van der Waals surface area contributed by atoms with Gasteiger partial charge in [-0.25, -0.2) is 0 Å². The van der Waals surface area contributed by atoms with Gasteiger partial charge in [0.05, 0.1) is 12.5 Å². The fourth-order valence-electron chi connectivity index (χ4n) is 1.81. The molecule has 2 rings (SSSR count). The van der Waals surface area contributed by atoms with E-state index in [1.54, 1.807) is 6.07 Å². The van der Waals surface area contributed by atoms with E-state index in [1.807, 2.05) is 36.4 Å². The van der Waals surface area contributed by atoms with Crippen molar-refractivity contribution in [2.45, 2.75) is 19.8 Å². The van der Waals surface area contributed by atoms with Crippen LogP contribution in [0.3, 0.4) is 0 Å². The van der Waals surface area contributed by atoms with E-state index in [4.69, 9.17) is 15.7 Å². The van der Waals surface area contributed by atoms with Gasteiger partial charge in [-0.2, -0.15) is 5.26 Å². The highest BCUT2D eigenvalue weighted by Gasteiger charge is 2.03. The van der Waals surface area contributed by atoms with Crippen LogP contribution in [0.1, 0.15) is 18.1 Å². The quantitative estimate of drug-likeness (QED) is 0.844. The zero-order valence-electron chi connectivity index (χ0n) is 10.9. The number of anilines is 1. The summed E-state index contributed by atoms with van der Waals surface area (Å²) in [6.45, 7) is 2.12. The zero-order chi connectivity index (χ0) is 13.7. The number of aryl methyl sites for hydroxylation is 1. The Kier molecular flexibility index (Phi) is 4.04. The minimum Gasteiger partial charge on any atom is -0.457 e. The lowest BCUT2D eigenvalue weighted by atomic mass is 10.1. The molecule has 0 fully saturated rings. The molecule has 0 bridgehead atoms. The first-order chi connectivity index (χ1) is 9.22. The Morgan fingerprint density at radius 3 is 2.42 bits per heavy atom. The van der Waals surface area contributed by atoms with E-state index in [0.717, 1.165) is 17.7 Å². The summed E-state index contributed by atoms with van der Waals surface area (Å²) in [5.41, 5.74) is 8.49. The van der Waals surface area contributed by atoms with Gasteiger partial charge < -0.3 is 10.5 Å². The van der Waals surface area contributed by atoms with Crippen LogP contribution in [0.25, 0.3) is 0 Å². The van der Waals surface area contributed by atoms with Crippen LogP contribution >= 0.6 is 0 Å². The molecule has 0 unspecified atom stereocenters. The molecule has 0 amide bonds. The van der Waals surface area contributed by atoms with E-state index in [1.165, 1.54) is 5.56 Å². The Balaban J connectivity index is 2.18. The van der Waals surface area contributed by atoms with Crippen LogP contribution in [0, 0.1) is 11.3 Å². The second kappa shape index (κ2) is 5.92. The Hall–Kier alpha value is -2.47. The van der Waals surface area contributed by atoms with Gasteiger partial charge in [-0.3, -0.25) is 0 Å². The van der Waals surface area contributed by atoms with Gasteiger partial charge in [0, 0.05) is 5.69 Å². The molecule has 0 aliphatic carbocycles. The highest BCUT2D eigenvalue weighted by Crippen LogP contribution is 2.25. The normalized spacial score (nSPS) is 9.89. The fourth-order valence-corrected chi connectivity index (χ4v) is 1.81. The van der Waals surface area contributed by atoms with Crippen molar-refractivity contribution in [3.05, 3.63) is 53.6 Å². The second-order valence-electron chi connectivity index (χ2n) is 4.30. The molecule has 96 valence electrons. The lowest BCUT2D eigenvalue weighted by Gasteiger charge is -2.09. The highest BCUT2D eigenvalue weighted by atomic mass is 16.5. The van der Waals surface area contributed by atoms with Crippen LogP contribution in [-0.4, -0.2) is 0 Å². The molecule has 3 heteroatoms. The van der Waals surface area contributed by atoms with E-state index in [2.05, 4.69) is 13.0 Å². The summed E-state index contributed by atoms with van der Waals surface area (Å²) in [4.78, 5) is 0. The van der Waals surface area contributed by atoms with Gasteiger partial charge in [0.15, 0.2) is 0 Å². The fraction of sp³-hybridized carbons (Fsp3) is 0.188. The summed E-state index contributed by atoms with van der Waals surface area (Å²) in [6, 6.07) is 15.5. The molecule has 2 aromatic carbocycles. The standard InChI is InChI=1S/C16H16N2O/c1-2-12-3-5-14(6-4-12)19-15-7-8-16(18)13(11-15)9-10-17/h3-8,11H,2,9,18H2,1H3. The van der Waals surface area contributed by atoms with Crippen LogP contribution < -0.4 is 10.5 Å². The van der Waals surface area contributed by atoms with Crippen molar-refractivity contribution in [3.63, 3.8) is 0 Å². The van der Waals surface area contributed by atoms with E-state index < -0.39 is 0 Å². The van der Waals surface area contributed by atoms with Gasteiger partial charge in [0.1, 0.15) is 11.5 Å². The van der Waals surface area contributed by atoms with Crippen molar-refractivity contribution in [3.8, 4) is 17.6 Å². The average molecular weight is 252 g/mol. The van der Waals surface area contributed by atoms with Crippen LogP contribution in [0.4, 0.5) is 5.69 Å². The largest absolute Gasteiger partial charge is 0.457 e. The Bertz CT molecular complexity index is 597. The lowest BCUT2D eigenvalue weighted by molar-refractivity contribution is 0.482. The Labute approximate surface area is 113 Å². The molecule has 0 radical (unpaired) electrons. The summed E-state index contributed by atoms with van der Waals surface area (Å²) in [5.74, 6) is 1.48. The molecule has 0 saturated heterocycles. The second-order valence-corrected chi connectivity index (χ2v) is 4.30. The molecule has 0 spiro atoms. The molecule has 2 N–H and O–H groups in total. The lowest BCUT2D eigenvalue weighted by Crippen LogP contribution is -1.94. The third kappa shape index (κ3) is 3.26. The maximum absolute atomic E-state index is 8.74. The van der Waals surface area contributed by atoms with E-state index >= 15 is 0 Å². The van der Waals surface area contributed by atoms with Crippen LogP contribution in [0.2, 0.25) is 0 Å². The maximum atomic E-state index is 8.74. The molecular weight excluding hydrogens is 236 g/mol. The molecule has 19 heavy (non-hydrogen) atoms. The molecule has 0 saturated carbocycles. The number of nitrogens with zero attached hydrogens (tertiary/aromatic N) is 1. The molecule has 2 aromatic rings. The van der Waals surface area contributed by atoms with E-state index in [0.29, 0.717) is 11.4 Å². The van der Waals surface area contributed by atoms with Crippen molar-refractivity contribution in [1.82, 2.24) is 0 Å². The minimum absolute atomic E-state index is 0.289. The van der Waals surface area contributed by atoms with Gasteiger partial charge in [-0.1, -0.05) is 19.1 Å². The highest BCUT2D eigenvalue weighted by molar-refractivity contribution is 5.52. The van der Waals surface area contributed by atoms with Crippen molar-refractivity contribution >= 4 is 5.69 Å². The molecule has 0 aliphatic rings. The molecular formula is C16H16N2O. The van der Waals surface area contributed by atoms with E-state index in [9.17, 15) is 0 Å². The number of nitrogen functional groups attached to an aromatic ring is 1. The van der Waals surface area contributed by atoms with Gasteiger partial charge >= 0.3 is 0 Å². The zero-order valence-corrected chi connectivity index (χ0v) is 10.9. The van der Waals surface area contributed by atoms with Crippen LogP contribution in [0.15, 0.2) is 42.5 Å². The Morgan fingerprint density at radius 2 is 1.79 bits per heavy atom. The molecule has 0 aromatic heterocycles. The number of nitrogens with two attached hydrogens (primary N) is 1. The first-order valence-electron chi connectivity index (χ1n) is 6.25. The third-order valence-corrected chi connectivity index (χ3v) is 2.95. The number of rotatable bonds is 4. The first kappa shape index (κ1) is 13.0. The predicted octanol–water partition coefficient (Wildman–Crippen LogP) is 3.69. The predicted molar refractivity (Wildman–Crippen MR) is 76.1 cm³/mol. The Morgan fingerprint density at radius 1 is 1.11 bits per heavy atom. The van der Waals surface area contributed by atoms with Crippen LogP contribution in [0.5, 0.6) is 11.5 Å². The van der Waals surface area contributed by atoms with Crippen molar-refractivity contribution < 1.29 is 4.74 Å². The number of hydrogen-bond donors (Lipinski definition) is 1. The van der Waals surface area contributed by atoms with Crippen molar-refractivity contribution in [1.29, 1.82) is 5.26 Å². The van der Waals surface area contributed by atoms with Crippen molar-refractivity contribution in [2.24, 2.45) is 0 Å².